The van der Waals surface area contributed by atoms with E-state index in [2.05, 4.69) is 26.7 Å². The highest BCUT2D eigenvalue weighted by Gasteiger charge is 2.49. The highest BCUT2D eigenvalue weighted by Crippen LogP contribution is 2.40. The Balaban J connectivity index is 1.60. The van der Waals surface area contributed by atoms with Crippen molar-refractivity contribution in [2.75, 3.05) is 6.54 Å². The fourth-order valence-electron chi connectivity index (χ4n) is 4.74. The van der Waals surface area contributed by atoms with Gasteiger partial charge in [-0.25, -0.2) is 9.37 Å². The standard InChI is InChI=1S/C21H27FN4O/c1-21-10-13-25(15-19-23-11-12-24-19)18(21)4-2-3-5-20(27)26(21)14-16-6-8-17(22)9-7-16/h6-9,11-12,18H,2-5,10,13-15H2,1H3,(H,23,24)/t18-,21-/m1/s1. The average molecular weight is 370 g/mol. The minimum atomic E-state index is -0.243. The Kier molecular flexibility index (Phi) is 5.00. The zero-order valence-corrected chi connectivity index (χ0v) is 15.8. The molecule has 2 fully saturated rings. The van der Waals surface area contributed by atoms with Crippen LogP contribution in [0.5, 0.6) is 0 Å². The molecule has 1 N–H and O–H groups in total. The number of rotatable bonds is 4. The number of hydrogen-bond donors (Lipinski definition) is 1. The summed E-state index contributed by atoms with van der Waals surface area (Å²) in [6.45, 7) is 4.51. The molecule has 4 rings (SSSR count). The predicted molar refractivity (Wildman–Crippen MR) is 101 cm³/mol. The molecular weight excluding hydrogens is 343 g/mol. The zero-order valence-electron chi connectivity index (χ0n) is 15.8. The molecule has 2 saturated heterocycles. The molecule has 1 amide bonds. The second-order valence-electron chi connectivity index (χ2n) is 7.98. The van der Waals surface area contributed by atoms with Gasteiger partial charge >= 0.3 is 0 Å². The normalized spacial score (nSPS) is 26.7. The summed E-state index contributed by atoms with van der Waals surface area (Å²) in [4.78, 5) is 25.1. The summed E-state index contributed by atoms with van der Waals surface area (Å²) in [6, 6.07) is 6.83. The number of imidazole rings is 1. The lowest BCUT2D eigenvalue weighted by Gasteiger charge is -2.46. The molecule has 144 valence electrons. The molecule has 0 aliphatic carbocycles. The average Bonchev–Trinajstić information content (AvgIpc) is 3.27. The molecule has 6 heteroatoms. The number of hydrogen-bond acceptors (Lipinski definition) is 3. The number of benzene rings is 1. The number of fused-ring (bicyclic) bond motifs is 1. The molecule has 2 aliphatic heterocycles. The van der Waals surface area contributed by atoms with Gasteiger partial charge in [0.25, 0.3) is 0 Å². The number of nitrogens with one attached hydrogen (secondary N) is 1. The molecule has 2 aliphatic rings. The Hall–Kier alpha value is -2.21. The second kappa shape index (κ2) is 7.43. The van der Waals surface area contributed by atoms with Crippen LogP contribution in [0.2, 0.25) is 0 Å². The first kappa shape index (κ1) is 18.2. The highest BCUT2D eigenvalue weighted by molar-refractivity contribution is 5.77. The quantitative estimate of drug-likeness (QED) is 0.896. The maximum Gasteiger partial charge on any atom is 0.223 e. The number of amides is 1. The Bertz CT molecular complexity index is 776. The third-order valence-electron chi connectivity index (χ3n) is 6.26. The Morgan fingerprint density at radius 2 is 2.07 bits per heavy atom. The minimum absolute atomic E-state index is 0.210. The van der Waals surface area contributed by atoms with Crippen molar-refractivity contribution in [2.45, 2.75) is 63.7 Å². The SMILES string of the molecule is C[C@@]12CCN(Cc3ncc[nH]3)[C@@H]1CCCCC(=O)N2Cc1ccc(F)cc1. The summed E-state index contributed by atoms with van der Waals surface area (Å²) in [5.41, 5.74) is 0.771. The molecule has 1 aromatic heterocycles. The monoisotopic (exact) mass is 370 g/mol. The van der Waals surface area contributed by atoms with Crippen molar-refractivity contribution >= 4 is 5.91 Å². The molecule has 2 aromatic rings. The van der Waals surface area contributed by atoms with Gasteiger partial charge in [-0.15, -0.1) is 0 Å². The van der Waals surface area contributed by atoms with Gasteiger partial charge in [0.15, 0.2) is 0 Å². The number of aromatic amines is 1. The lowest BCUT2D eigenvalue weighted by Crippen LogP contribution is -2.57. The molecule has 0 saturated carbocycles. The maximum atomic E-state index is 13.3. The number of carbonyl (C=O) groups excluding carboxylic acids is 1. The van der Waals surface area contributed by atoms with Gasteiger partial charge in [0.05, 0.1) is 12.1 Å². The second-order valence-corrected chi connectivity index (χ2v) is 7.98. The van der Waals surface area contributed by atoms with E-state index in [1.54, 1.807) is 18.3 Å². The van der Waals surface area contributed by atoms with Gasteiger partial charge in [0.1, 0.15) is 11.6 Å². The van der Waals surface area contributed by atoms with Gasteiger partial charge in [-0.05, 0) is 43.9 Å². The fourth-order valence-corrected chi connectivity index (χ4v) is 4.74. The van der Waals surface area contributed by atoms with E-state index in [1.807, 2.05) is 6.20 Å². The molecule has 0 spiro atoms. The van der Waals surface area contributed by atoms with Gasteiger partial charge in [0, 0.05) is 37.9 Å². The van der Waals surface area contributed by atoms with Crippen molar-refractivity contribution in [3.63, 3.8) is 0 Å². The Labute approximate surface area is 159 Å². The molecule has 0 radical (unpaired) electrons. The van der Waals surface area contributed by atoms with Gasteiger partial charge in [-0.1, -0.05) is 18.6 Å². The van der Waals surface area contributed by atoms with E-state index < -0.39 is 0 Å². The number of H-pyrrole nitrogens is 1. The summed E-state index contributed by atoms with van der Waals surface area (Å²) >= 11 is 0. The fraction of sp³-hybridized carbons (Fsp3) is 0.524. The van der Waals surface area contributed by atoms with Crippen LogP contribution in [0.1, 0.15) is 50.4 Å². The summed E-state index contributed by atoms with van der Waals surface area (Å²) in [5, 5.41) is 0. The predicted octanol–water partition coefficient (Wildman–Crippen LogP) is 3.48. The Morgan fingerprint density at radius 3 is 2.81 bits per heavy atom. The van der Waals surface area contributed by atoms with Gasteiger partial charge in [-0.2, -0.15) is 0 Å². The van der Waals surface area contributed by atoms with Crippen LogP contribution in [-0.2, 0) is 17.9 Å². The van der Waals surface area contributed by atoms with Gasteiger partial charge in [0.2, 0.25) is 5.91 Å². The largest absolute Gasteiger partial charge is 0.348 e. The van der Waals surface area contributed by atoms with E-state index in [1.165, 1.54) is 12.1 Å². The lowest BCUT2D eigenvalue weighted by molar-refractivity contribution is -0.140. The number of likely N-dealkylation sites (tertiary alicyclic amines) is 2. The number of aromatic nitrogens is 2. The summed E-state index contributed by atoms with van der Waals surface area (Å²) in [7, 11) is 0. The molecule has 27 heavy (non-hydrogen) atoms. The Morgan fingerprint density at radius 1 is 1.26 bits per heavy atom. The first-order valence-electron chi connectivity index (χ1n) is 9.83. The van der Waals surface area contributed by atoms with Gasteiger partial charge in [-0.3, -0.25) is 9.69 Å². The van der Waals surface area contributed by atoms with E-state index in [0.717, 1.165) is 50.2 Å². The highest BCUT2D eigenvalue weighted by atomic mass is 19.1. The van der Waals surface area contributed by atoms with Crippen LogP contribution in [0.3, 0.4) is 0 Å². The number of carbonyl (C=O) groups is 1. The smallest absolute Gasteiger partial charge is 0.223 e. The van der Waals surface area contributed by atoms with E-state index in [4.69, 9.17) is 0 Å². The van der Waals surface area contributed by atoms with Crippen LogP contribution < -0.4 is 0 Å². The molecular formula is C21H27FN4O. The minimum Gasteiger partial charge on any atom is -0.348 e. The van der Waals surface area contributed by atoms with Crippen molar-refractivity contribution in [1.82, 2.24) is 19.8 Å². The topological polar surface area (TPSA) is 52.2 Å². The van der Waals surface area contributed by atoms with Crippen molar-refractivity contribution < 1.29 is 9.18 Å². The van der Waals surface area contributed by atoms with Crippen LogP contribution in [-0.4, -0.2) is 43.8 Å². The maximum absolute atomic E-state index is 13.3. The lowest BCUT2D eigenvalue weighted by atomic mass is 9.84. The number of nitrogens with zero attached hydrogens (tertiary/aromatic N) is 3. The van der Waals surface area contributed by atoms with Crippen LogP contribution in [0, 0.1) is 5.82 Å². The number of halogens is 1. The van der Waals surface area contributed by atoms with E-state index in [0.29, 0.717) is 19.0 Å². The zero-order chi connectivity index (χ0) is 18.9. The van der Waals surface area contributed by atoms with Crippen molar-refractivity contribution in [3.05, 3.63) is 53.9 Å². The van der Waals surface area contributed by atoms with Crippen molar-refractivity contribution in [2.24, 2.45) is 0 Å². The molecule has 2 atom stereocenters. The van der Waals surface area contributed by atoms with E-state index in [9.17, 15) is 9.18 Å². The van der Waals surface area contributed by atoms with Crippen LogP contribution in [0.25, 0.3) is 0 Å². The van der Waals surface area contributed by atoms with Crippen molar-refractivity contribution in [1.29, 1.82) is 0 Å². The van der Waals surface area contributed by atoms with E-state index >= 15 is 0 Å². The molecule has 5 nitrogen and oxygen atoms in total. The van der Waals surface area contributed by atoms with Crippen molar-refractivity contribution in [3.8, 4) is 0 Å². The summed E-state index contributed by atoms with van der Waals surface area (Å²) in [5.74, 6) is 0.941. The first-order valence-corrected chi connectivity index (χ1v) is 9.83. The van der Waals surface area contributed by atoms with Crippen LogP contribution in [0.15, 0.2) is 36.7 Å². The summed E-state index contributed by atoms with van der Waals surface area (Å²) in [6.07, 6.45) is 8.28. The first-order chi connectivity index (χ1) is 13.1. The third kappa shape index (κ3) is 3.63. The van der Waals surface area contributed by atoms with Gasteiger partial charge < -0.3 is 9.88 Å². The molecule has 0 bridgehead atoms. The van der Waals surface area contributed by atoms with Crippen LogP contribution >= 0.6 is 0 Å². The molecule has 1 aromatic carbocycles. The molecule has 0 unspecified atom stereocenters. The summed E-state index contributed by atoms with van der Waals surface area (Å²) < 4.78 is 13.3. The van der Waals surface area contributed by atoms with E-state index in [-0.39, 0.29) is 17.3 Å². The third-order valence-corrected chi connectivity index (χ3v) is 6.26. The van der Waals surface area contributed by atoms with Crippen LogP contribution in [0.4, 0.5) is 4.39 Å². The molecule has 3 heterocycles.